The van der Waals surface area contributed by atoms with E-state index in [-0.39, 0.29) is 10.8 Å². The van der Waals surface area contributed by atoms with Gasteiger partial charge in [0.25, 0.3) is 6.43 Å². The number of pyridine rings is 1. The number of hydrogen-bond acceptors (Lipinski definition) is 2. The summed E-state index contributed by atoms with van der Waals surface area (Å²) >= 11 is 5.76. The smallest absolute Gasteiger partial charge is 0.242 e. The minimum atomic E-state index is -2.65. The lowest BCUT2D eigenvalue weighted by Crippen LogP contribution is -2.03. The maximum atomic E-state index is 12.5. The third-order valence-corrected chi connectivity index (χ3v) is 2.08. The van der Waals surface area contributed by atoms with Crippen molar-refractivity contribution in [3.8, 4) is 5.69 Å². The van der Waals surface area contributed by atoms with E-state index in [0.717, 1.165) is 4.68 Å². The lowest BCUT2D eigenvalue weighted by Gasteiger charge is -2.06. The zero-order chi connectivity index (χ0) is 10.8. The second-order valence-electron chi connectivity index (χ2n) is 2.70. The fourth-order valence-corrected chi connectivity index (χ4v) is 1.36. The third-order valence-electron chi connectivity index (χ3n) is 1.79. The molecule has 0 N–H and O–H groups in total. The van der Waals surface area contributed by atoms with E-state index in [4.69, 9.17) is 11.6 Å². The molecule has 0 saturated heterocycles. The Labute approximate surface area is 89.3 Å². The quantitative estimate of drug-likeness (QED) is 0.740. The van der Waals surface area contributed by atoms with E-state index in [1.807, 2.05) is 0 Å². The molecule has 2 aromatic heterocycles. The van der Waals surface area contributed by atoms with Crippen LogP contribution < -0.4 is 0 Å². The Morgan fingerprint density at radius 1 is 1.47 bits per heavy atom. The van der Waals surface area contributed by atoms with Crippen LogP contribution in [0.1, 0.15) is 12.1 Å². The molecule has 0 aliphatic rings. The molecular formula is C9H5ClF2N3. The molecule has 0 spiro atoms. The SMILES string of the molecule is FC(F)c1[c]cnn1-c1cccnc1Cl. The van der Waals surface area contributed by atoms with Gasteiger partial charge in [0.1, 0.15) is 11.4 Å². The maximum absolute atomic E-state index is 12.5. The fourth-order valence-electron chi connectivity index (χ4n) is 1.16. The molecule has 77 valence electrons. The standard InChI is InChI=1S/C9H5ClF2N3/c10-8-6(2-1-4-13-8)15-7(9(11)12)3-5-14-15/h1-2,4-5,9H. The first-order valence-corrected chi connectivity index (χ1v) is 4.42. The summed E-state index contributed by atoms with van der Waals surface area (Å²) in [4.78, 5) is 3.78. The van der Waals surface area contributed by atoms with Crippen LogP contribution in [0.15, 0.2) is 24.5 Å². The fraction of sp³-hybridized carbons (Fsp3) is 0.111. The summed E-state index contributed by atoms with van der Waals surface area (Å²) in [6.07, 6.45) is -0.00453. The van der Waals surface area contributed by atoms with Crippen LogP contribution in [-0.4, -0.2) is 14.8 Å². The zero-order valence-corrected chi connectivity index (χ0v) is 8.12. The summed E-state index contributed by atoms with van der Waals surface area (Å²) in [5.41, 5.74) is -0.0133. The van der Waals surface area contributed by atoms with Gasteiger partial charge in [-0.05, 0) is 12.1 Å². The number of halogens is 3. The van der Waals surface area contributed by atoms with Crippen molar-refractivity contribution in [2.24, 2.45) is 0 Å². The van der Waals surface area contributed by atoms with Gasteiger partial charge in [-0.25, -0.2) is 18.4 Å². The predicted octanol–water partition coefficient (Wildman–Crippen LogP) is 2.66. The van der Waals surface area contributed by atoms with Gasteiger partial charge in [-0.15, -0.1) is 0 Å². The third kappa shape index (κ3) is 1.83. The van der Waals surface area contributed by atoms with Crippen LogP contribution in [0.3, 0.4) is 0 Å². The van der Waals surface area contributed by atoms with E-state index < -0.39 is 6.43 Å². The van der Waals surface area contributed by atoms with E-state index >= 15 is 0 Å². The summed E-state index contributed by atoms with van der Waals surface area (Å²) < 4.78 is 26.1. The van der Waals surface area contributed by atoms with Crippen molar-refractivity contribution in [2.45, 2.75) is 6.43 Å². The average Bonchev–Trinajstić information content (AvgIpc) is 2.67. The molecule has 0 aromatic carbocycles. The first-order valence-electron chi connectivity index (χ1n) is 4.05. The Morgan fingerprint density at radius 3 is 2.93 bits per heavy atom. The normalized spacial score (nSPS) is 10.9. The lowest BCUT2D eigenvalue weighted by molar-refractivity contribution is 0.142. The number of rotatable bonds is 2. The van der Waals surface area contributed by atoms with Gasteiger partial charge in [0, 0.05) is 12.3 Å². The van der Waals surface area contributed by atoms with Gasteiger partial charge in [0.05, 0.1) is 6.20 Å². The van der Waals surface area contributed by atoms with Gasteiger partial charge < -0.3 is 0 Å². The van der Waals surface area contributed by atoms with Crippen molar-refractivity contribution in [1.82, 2.24) is 14.8 Å². The van der Waals surface area contributed by atoms with E-state index in [9.17, 15) is 8.78 Å². The molecule has 0 fully saturated rings. The molecule has 0 saturated carbocycles. The minimum absolute atomic E-state index is 0.122. The first kappa shape index (κ1) is 10.0. The number of aromatic nitrogens is 3. The molecular weight excluding hydrogens is 224 g/mol. The summed E-state index contributed by atoms with van der Waals surface area (Å²) in [6.45, 7) is 0. The molecule has 15 heavy (non-hydrogen) atoms. The van der Waals surface area contributed by atoms with Crippen LogP contribution in [0.2, 0.25) is 5.15 Å². The molecule has 0 aliphatic heterocycles. The van der Waals surface area contributed by atoms with Gasteiger partial charge in [-0.3, -0.25) is 0 Å². The Bertz CT molecular complexity index is 470. The predicted molar refractivity (Wildman–Crippen MR) is 50.2 cm³/mol. The highest BCUT2D eigenvalue weighted by Gasteiger charge is 2.16. The summed E-state index contributed by atoms with van der Waals surface area (Å²) in [5.74, 6) is 0. The van der Waals surface area contributed by atoms with Crippen LogP contribution in [0.5, 0.6) is 0 Å². The molecule has 2 rings (SSSR count). The average molecular weight is 229 g/mol. The van der Waals surface area contributed by atoms with Crippen LogP contribution in [0.4, 0.5) is 8.78 Å². The topological polar surface area (TPSA) is 30.7 Å². The summed E-state index contributed by atoms with van der Waals surface area (Å²) in [5, 5.41) is 3.85. The molecule has 0 unspecified atom stereocenters. The van der Waals surface area contributed by atoms with Gasteiger partial charge in [-0.2, -0.15) is 5.10 Å². The van der Waals surface area contributed by atoms with Crippen molar-refractivity contribution in [3.63, 3.8) is 0 Å². The van der Waals surface area contributed by atoms with Gasteiger partial charge >= 0.3 is 0 Å². The molecule has 3 nitrogen and oxygen atoms in total. The number of hydrogen-bond donors (Lipinski definition) is 0. The van der Waals surface area contributed by atoms with E-state index in [0.29, 0.717) is 5.69 Å². The Balaban J connectivity index is 2.55. The Hall–Kier alpha value is -1.49. The molecule has 0 atom stereocenters. The molecule has 0 bridgehead atoms. The van der Waals surface area contributed by atoms with Gasteiger partial charge in [0.2, 0.25) is 0 Å². The van der Waals surface area contributed by atoms with Crippen molar-refractivity contribution < 1.29 is 8.78 Å². The molecule has 0 amide bonds. The van der Waals surface area contributed by atoms with Gasteiger partial charge in [-0.1, -0.05) is 11.6 Å². The number of nitrogens with zero attached hydrogens (tertiary/aromatic N) is 3. The molecule has 6 heteroatoms. The van der Waals surface area contributed by atoms with Crippen molar-refractivity contribution in [2.75, 3.05) is 0 Å². The van der Waals surface area contributed by atoms with Crippen molar-refractivity contribution >= 4 is 11.6 Å². The summed E-state index contributed by atoms with van der Waals surface area (Å²) in [7, 11) is 0. The van der Waals surface area contributed by atoms with Crippen LogP contribution in [-0.2, 0) is 0 Å². The Morgan fingerprint density at radius 2 is 2.27 bits per heavy atom. The minimum Gasteiger partial charge on any atom is -0.242 e. The Kier molecular flexibility index (Phi) is 2.64. The van der Waals surface area contributed by atoms with Crippen LogP contribution in [0.25, 0.3) is 5.69 Å². The molecule has 2 aromatic rings. The van der Waals surface area contributed by atoms with E-state index in [1.54, 1.807) is 12.1 Å². The zero-order valence-electron chi connectivity index (χ0n) is 7.36. The van der Waals surface area contributed by atoms with E-state index in [1.165, 1.54) is 12.4 Å². The lowest BCUT2D eigenvalue weighted by atomic mass is 10.4. The second-order valence-corrected chi connectivity index (χ2v) is 3.06. The maximum Gasteiger partial charge on any atom is 0.281 e. The molecule has 2 heterocycles. The molecule has 0 aliphatic carbocycles. The highest BCUT2D eigenvalue weighted by Crippen LogP contribution is 2.23. The first-order chi connectivity index (χ1) is 7.20. The molecule has 1 radical (unpaired) electrons. The summed E-state index contributed by atoms with van der Waals surface area (Å²) in [6, 6.07) is 5.50. The van der Waals surface area contributed by atoms with E-state index in [2.05, 4.69) is 16.1 Å². The highest BCUT2D eigenvalue weighted by atomic mass is 35.5. The second kappa shape index (κ2) is 3.94. The largest absolute Gasteiger partial charge is 0.281 e. The number of alkyl halides is 2. The highest BCUT2D eigenvalue weighted by molar-refractivity contribution is 6.31. The van der Waals surface area contributed by atoms with Crippen molar-refractivity contribution in [3.05, 3.63) is 41.4 Å². The van der Waals surface area contributed by atoms with Gasteiger partial charge in [0.15, 0.2) is 5.15 Å². The van der Waals surface area contributed by atoms with Crippen LogP contribution >= 0.6 is 11.6 Å². The van der Waals surface area contributed by atoms with Crippen molar-refractivity contribution in [1.29, 1.82) is 0 Å². The monoisotopic (exact) mass is 228 g/mol. The van der Waals surface area contributed by atoms with Crippen LogP contribution in [0, 0.1) is 6.07 Å².